The molecule has 0 aliphatic carbocycles. The average Bonchev–Trinajstić information content (AvgIpc) is 3.11. The molecular weight excluding hydrogens is 675 g/mol. The van der Waals surface area contributed by atoms with Crippen molar-refractivity contribution in [3.8, 4) is 0 Å². The first-order valence-electron chi connectivity index (χ1n) is 20.6. The Morgan fingerprint density at radius 1 is 0.519 bits per heavy atom. The van der Waals surface area contributed by atoms with Gasteiger partial charge in [-0.2, -0.15) is 0 Å². The predicted octanol–water partition coefficient (Wildman–Crippen LogP) is 12.5. The van der Waals surface area contributed by atoms with Crippen LogP contribution in [0, 0.1) is 0 Å². The fourth-order valence-corrected chi connectivity index (χ4v) is 5.84. The van der Waals surface area contributed by atoms with Crippen molar-refractivity contribution >= 4 is 19.8 Å². The average molecular weight is 751 g/mol. The fraction of sp³-hybridized carbons (Fsp3) is 0.721. The Balaban J connectivity index is 3.98. The van der Waals surface area contributed by atoms with Gasteiger partial charge in [-0.3, -0.25) is 14.1 Å². The van der Waals surface area contributed by atoms with Crippen molar-refractivity contribution in [2.24, 2.45) is 0 Å². The summed E-state index contributed by atoms with van der Waals surface area (Å²) >= 11 is 0. The number of hydrogen-bond acceptors (Lipinski definition) is 6. The summed E-state index contributed by atoms with van der Waals surface area (Å²) < 4.78 is 26.3. The number of hydrogen-bond donors (Lipinski definition) is 2. The van der Waals surface area contributed by atoms with Crippen molar-refractivity contribution in [1.29, 1.82) is 0 Å². The van der Waals surface area contributed by atoms with Crippen LogP contribution in [0.2, 0.25) is 0 Å². The summed E-state index contributed by atoms with van der Waals surface area (Å²) in [6.07, 6.45) is 48.0. The molecule has 9 heteroatoms. The normalized spacial score (nSPS) is 13.1. The van der Waals surface area contributed by atoms with Gasteiger partial charge in [-0.05, 0) is 77.0 Å². The molecule has 8 nitrogen and oxygen atoms in total. The van der Waals surface area contributed by atoms with E-state index in [-0.39, 0.29) is 19.4 Å². The van der Waals surface area contributed by atoms with Gasteiger partial charge < -0.3 is 19.3 Å². The van der Waals surface area contributed by atoms with Crippen LogP contribution in [0.1, 0.15) is 181 Å². The molecule has 0 aliphatic rings. The van der Waals surface area contributed by atoms with Gasteiger partial charge in [-0.1, -0.05) is 152 Å². The first-order valence-corrected chi connectivity index (χ1v) is 22.1. The maximum Gasteiger partial charge on any atom is 0.469 e. The molecule has 0 saturated carbocycles. The van der Waals surface area contributed by atoms with Gasteiger partial charge in [0.1, 0.15) is 6.61 Å². The number of allylic oxidation sites excluding steroid dienone is 10. The molecule has 0 heterocycles. The van der Waals surface area contributed by atoms with E-state index in [0.29, 0.717) is 12.8 Å². The second kappa shape index (κ2) is 38.5. The molecule has 0 amide bonds. The standard InChI is InChI=1S/C43H75O8P/c1-3-5-7-9-11-13-15-17-19-20-21-22-24-26-28-30-32-34-36-38-43(45)51-41(40-50-52(46,47)48)39-49-42(44)37-35-33-31-29-27-25-23-18-16-14-12-10-8-6-4-2/h6,8,12,14,17-19,23,27,29,41H,3-5,7,9-11,13,15-16,20-22,24-26,28,30-40H2,1-2H3,(H2,46,47,48)/b8-6+,14-12+,19-17+,23-18+,29-27+/t41-/m1/s1. The van der Waals surface area contributed by atoms with Crippen LogP contribution in [0.15, 0.2) is 60.8 Å². The van der Waals surface area contributed by atoms with E-state index in [2.05, 4.69) is 79.1 Å². The summed E-state index contributed by atoms with van der Waals surface area (Å²) in [5, 5.41) is 0. The molecule has 0 aromatic heterocycles. The number of phosphoric ester groups is 1. The third kappa shape index (κ3) is 40.5. The lowest BCUT2D eigenvalue weighted by Gasteiger charge is -2.18. The van der Waals surface area contributed by atoms with E-state index in [9.17, 15) is 14.2 Å². The minimum atomic E-state index is -4.76. The number of phosphoric acid groups is 1. The van der Waals surface area contributed by atoms with Crippen molar-refractivity contribution in [2.45, 2.75) is 187 Å². The Bertz CT molecular complexity index is 1030. The highest BCUT2D eigenvalue weighted by Crippen LogP contribution is 2.36. The molecule has 0 unspecified atom stereocenters. The van der Waals surface area contributed by atoms with Gasteiger partial charge in [0.15, 0.2) is 6.10 Å². The van der Waals surface area contributed by atoms with Gasteiger partial charge in [-0.15, -0.1) is 0 Å². The summed E-state index contributed by atoms with van der Waals surface area (Å²) in [4.78, 5) is 42.8. The van der Waals surface area contributed by atoms with Crippen LogP contribution in [0.5, 0.6) is 0 Å². The maximum absolute atomic E-state index is 12.4. The van der Waals surface area contributed by atoms with E-state index in [1.807, 2.05) is 0 Å². The molecule has 2 N–H and O–H groups in total. The van der Waals surface area contributed by atoms with Gasteiger partial charge in [0.2, 0.25) is 0 Å². The second-order valence-electron chi connectivity index (χ2n) is 13.6. The summed E-state index contributed by atoms with van der Waals surface area (Å²) in [6, 6.07) is 0. The molecule has 0 aliphatic heterocycles. The minimum Gasteiger partial charge on any atom is -0.462 e. The highest BCUT2D eigenvalue weighted by molar-refractivity contribution is 7.46. The molecule has 1 atom stereocenters. The number of carbonyl (C=O) groups excluding carboxylic acids is 2. The van der Waals surface area contributed by atoms with Gasteiger partial charge in [0, 0.05) is 12.8 Å². The zero-order valence-corrected chi connectivity index (χ0v) is 33.8. The van der Waals surface area contributed by atoms with Crippen molar-refractivity contribution in [2.75, 3.05) is 13.2 Å². The summed E-state index contributed by atoms with van der Waals surface area (Å²) in [5.74, 6) is -0.938. The number of rotatable bonds is 37. The Labute approximate surface area is 317 Å². The zero-order valence-electron chi connectivity index (χ0n) is 32.9. The topological polar surface area (TPSA) is 119 Å². The molecule has 0 aromatic rings. The van der Waals surface area contributed by atoms with Crippen LogP contribution < -0.4 is 0 Å². The molecule has 52 heavy (non-hydrogen) atoms. The van der Waals surface area contributed by atoms with Gasteiger partial charge >= 0.3 is 19.8 Å². The quantitative estimate of drug-likeness (QED) is 0.0279. The van der Waals surface area contributed by atoms with Crippen LogP contribution in [0.25, 0.3) is 0 Å². The number of unbranched alkanes of at least 4 members (excludes halogenated alkanes) is 17. The number of carbonyl (C=O) groups is 2. The van der Waals surface area contributed by atoms with E-state index in [4.69, 9.17) is 19.3 Å². The van der Waals surface area contributed by atoms with E-state index >= 15 is 0 Å². The summed E-state index contributed by atoms with van der Waals surface area (Å²) in [7, 11) is -4.76. The Hall–Kier alpha value is -2.25. The van der Waals surface area contributed by atoms with Crippen LogP contribution in [0.4, 0.5) is 0 Å². The fourth-order valence-electron chi connectivity index (χ4n) is 5.48. The summed E-state index contributed by atoms with van der Waals surface area (Å²) in [5.41, 5.74) is 0. The van der Waals surface area contributed by atoms with E-state index in [1.54, 1.807) is 0 Å². The Kier molecular flexibility index (Phi) is 36.8. The van der Waals surface area contributed by atoms with Crippen LogP contribution in [-0.2, 0) is 28.2 Å². The Morgan fingerprint density at radius 2 is 0.923 bits per heavy atom. The van der Waals surface area contributed by atoms with Crippen molar-refractivity contribution in [3.05, 3.63) is 60.8 Å². The summed E-state index contributed by atoms with van der Waals surface area (Å²) in [6.45, 7) is 3.53. The van der Waals surface area contributed by atoms with Gasteiger partial charge in [0.05, 0.1) is 6.61 Å². The first-order chi connectivity index (χ1) is 25.3. The smallest absolute Gasteiger partial charge is 0.462 e. The molecule has 0 spiro atoms. The Morgan fingerprint density at radius 3 is 1.44 bits per heavy atom. The van der Waals surface area contributed by atoms with Crippen molar-refractivity contribution < 1.29 is 37.9 Å². The highest BCUT2D eigenvalue weighted by atomic mass is 31.2. The highest BCUT2D eigenvalue weighted by Gasteiger charge is 2.22. The minimum absolute atomic E-state index is 0.198. The van der Waals surface area contributed by atoms with E-state index in [1.165, 1.54) is 83.5 Å². The molecule has 0 radical (unpaired) electrons. The lowest BCUT2D eigenvalue weighted by atomic mass is 10.1. The molecule has 0 fully saturated rings. The number of esters is 2. The van der Waals surface area contributed by atoms with Crippen molar-refractivity contribution in [3.63, 3.8) is 0 Å². The lowest BCUT2D eigenvalue weighted by Crippen LogP contribution is -2.29. The van der Waals surface area contributed by atoms with Gasteiger partial charge in [0.25, 0.3) is 0 Å². The lowest BCUT2D eigenvalue weighted by molar-refractivity contribution is -0.161. The van der Waals surface area contributed by atoms with E-state index in [0.717, 1.165) is 57.8 Å². The molecule has 0 saturated heterocycles. The molecule has 0 rings (SSSR count). The molecular formula is C43H75O8P. The van der Waals surface area contributed by atoms with E-state index < -0.39 is 32.5 Å². The largest absolute Gasteiger partial charge is 0.469 e. The molecule has 300 valence electrons. The maximum atomic E-state index is 12.4. The predicted molar refractivity (Wildman–Crippen MR) is 216 cm³/mol. The monoisotopic (exact) mass is 751 g/mol. The van der Waals surface area contributed by atoms with Crippen LogP contribution >= 0.6 is 7.82 Å². The zero-order chi connectivity index (χ0) is 38.2. The number of ether oxygens (including phenoxy) is 2. The van der Waals surface area contributed by atoms with Crippen LogP contribution in [-0.4, -0.2) is 41.0 Å². The van der Waals surface area contributed by atoms with Crippen molar-refractivity contribution in [1.82, 2.24) is 0 Å². The molecule has 0 bridgehead atoms. The second-order valence-corrected chi connectivity index (χ2v) is 14.8. The first kappa shape index (κ1) is 49.8. The SMILES string of the molecule is CC/C=C/C/C=C/C/C=C/C/C=C/CCCCC(=O)OC[C@H](COP(=O)(O)O)OC(=O)CCCCCCCCCCC/C=C/CCCCCCCC. The van der Waals surface area contributed by atoms with Crippen LogP contribution in [0.3, 0.4) is 0 Å². The molecule has 0 aromatic carbocycles. The third-order valence-electron chi connectivity index (χ3n) is 8.52. The van der Waals surface area contributed by atoms with Gasteiger partial charge in [-0.25, -0.2) is 4.57 Å². The third-order valence-corrected chi connectivity index (χ3v) is 9.01.